The molecule has 0 saturated carbocycles. The number of carbonyl (C=O) groups excluding carboxylic acids is 2. The molecule has 8 heteroatoms. The van der Waals surface area contributed by atoms with Gasteiger partial charge in [-0.05, 0) is 43.2 Å². The van der Waals surface area contributed by atoms with Crippen LogP contribution in [-0.2, 0) is 0 Å². The SMILES string of the molecule is COc1ccc(C2CCCN2C(=O)c2cc(N3CCNC3=O)ccc2Cl)c(OC)c1. The van der Waals surface area contributed by atoms with Gasteiger partial charge in [0, 0.05) is 37.0 Å². The van der Waals surface area contributed by atoms with E-state index in [-0.39, 0.29) is 18.0 Å². The predicted octanol–water partition coefficient (Wildman–Crippen LogP) is 3.86. The van der Waals surface area contributed by atoms with Crippen LogP contribution in [0.15, 0.2) is 36.4 Å². The molecule has 4 rings (SSSR count). The molecule has 0 aliphatic carbocycles. The largest absolute Gasteiger partial charge is 0.497 e. The molecule has 2 aromatic carbocycles. The van der Waals surface area contributed by atoms with E-state index < -0.39 is 0 Å². The van der Waals surface area contributed by atoms with Gasteiger partial charge in [0.2, 0.25) is 0 Å². The van der Waals surface area contributed by atoms with Crippen molar-refractivity contribution in [2.24, 2.45) is 0 Å². The predicted molar refractivity (Wildman–Crippen MR) is 115 cm³/mol. The first-order valence-electron chi connectivity index (χ1n) is 9.91. The van der Waals surface area contributed by atoms with Crippen LogP contribution in [-0.4, -0.2) is 50.7 Å². The number of hydrogen-bond donors (Lipinski definition) is 1. The Morgan fingerprint density at radius 1 is 1.13 bits per heavy atom. The summed E-state index contributed by atoms with van der Waals surface area (Å²) in [5.74, 6) is 1.24. The van der Waals surface area contributed by atoms with Crippen molar-refractivity contribution in [2.45, 2.75) is 18.9 Å². The van der Waals surface area contributed by atoms with Crippen LogP contribution < -0.4 is 19.7 Å². The number of hydrogen-bond acceptors (Lipinski definition) is 4. The van der Waals surface area contributed by atoms with Gasteiger partial charge in [-0.15, -0.1) is 0 Å². The molecule has 2 aliphatic rings. The summed E-state index contributed by atoms with van der Waals surface area (Å²) >= 11 is 6.40. The second kappa shape index (κ2) is 8.44. The average Bonchev–Trinajstić information content (AvgIpc) is 3.42. The van der Waals surface area contributed by atoms with Crippen molar-refractivity contribution in [1.82, 2.24) is 10.2 Å². The van der Waals surface area contributed by atoms with E-state index in [0.29, 0.717) is 47.4 Å². The number of nitrogens with one attached hydrogen (secondary N) is 1. The molecular weight excluding hydrogens is 406 g/mol. The molecule has 0 spiro atoms. The smallest absolute Gasteiger partial charge is 0.321 e. The van der Waals surface area contributed by atoms with Crippen LogP contribution in [0.1, 0.15) is 34.8 Å². The van der Waals surface area contributed by atoms with Gasteiger partial charge in [0.25, 0.3) is 5.91 Å². The highest BCUT2D eigenvalue weighted by molar-refractivity contribution is 6.34. The molecule has 3 amide bonds. The molecule has 1 atom stereocenters. The van der Waals surface area contributed by atoms with Crippen molar-refractivity contribution < 1.29 is 19.1 Å². The highest BCUT2D eigenvalue weighted by Gasteiger charge is 2.34. The van der Waals surface area contributed by atoms with Gasteiger partial charge in [0.05, 0.1) is 30.8 Å². The topological polar surface area (TPSA) is 71.1 Å². The minimum absolute atomic E-state index is 0.117. The van der Waals surface area contributed by atoms with Crippen molar-refractivity contribution >= 4 is 29.2 Å². The van der Waals surface area contributed by atoms with Crippen LogP contribution >= 0.6 is 11.6 Å². The maximum atomic E-state index is 13.5. The van der Waals surface area contributed by atoms with E-state index in [2.05, 4.69) is 5.32 Å². The standard InChI is InChI=1S/C22H24ClN3O4/c1-29-15-6-7-16(20(13-15)30-2)19-4-3-10-26(19)21(27)17-12-14(5-8-18(17)23)25-11-9-24-22(25)28/h5-8,12-13,19H,3-4,9-11H2,1-2H3,(H,24,28). The van der Waals surface area contributed by atoms with Crippen molar-refractivity contribution in [2.75, 3.05) is 38.8 Å². The molecular formula is C22H24ClN3O4. The summed E-state index contributed by atoms with van der Waals surface area (Å²) in [4.78, 5) is 28.9. The maximum Gasteiger partial charge on any atom is 0.321 e. The summed E-state index contributed by atoms with van der Waals surface area (Å²) in [6, 6.07) is 10.5. The Morgan fingerprint density at radius 2 is 1.97 bits per heavy atom. The number of benzene rings is 2. The first-order valence-corrected chi connectivity index (χ1v) is 10.3. The quantitative estimate of drug-likeness (QED) is 0.783. The number of anilines is 1. The number of likely N-dealkylation sites (tertiary alicyclic amines) is 1. The summed E-state index contributed by atoms with van der Waals surface area (Å²) in [5.41, 5.74) is 2.00. The minimum Gasteiger partial charge on any atom is -0.497 e. The van der Waals surface area contributed by atoms with Crippen LogP contribution in [0, 0.1) is 0 Å². The molecule has 158 valence electrons. The number of ether oxygens (including phenoxy) is 2. The van der Waals surface area contributed by atoms with E-state index in [4.69, 9.17) is 21.1 Å². The first-order chi connectivity index (χ1) is 14.5. The zero-order valence-electron chi connectivity index (χ0n) is 17.0. The van der Waals surface area contributed by atoms with Crippen molar-refractivity contribution in [3.63, 3.8) is 0 Å². The maximum absolute atomic E-state index is 13.5. The fourth-order valence-electron chi connectivity index (χ4n) is 4.14. The van der Waals surface area contributed by atoms with Gasteiger partial charge < -0.3 is 19.7 Å². The summed E-state index contributed by atoms with van der Waals surface area (Å²) in [6.45, 7) is 1.77. The third-order valence-electron chi connectivity index (χ3n) is 5.66. The molecule has 0 bridgehead atoms. The molecule has 1 unspecified atom stereocenters. The number of halogens is 1. The lowest BCUT2D eigenvalue weighted by Crippen LogP contribution is -2.32. The van der Waals surface area contributed by atoms with E-state index in [1.54, 1.807) is 37.3 Å². The molecule has 7 nitrogen and oxygen atoms in total. The van der Waals surface area contributed by atoms with E-state index in [9.17, 15) is 9.59 Å². The van der Waals surface area contributed by atoms with Gasteiger partial charge in [0.1, 0.15) is 11.5 Å². The third kappa shape index (κ3) is 3.65. The van der Waals surface area contributed by atoms with Crippen LogP contribution in [0.2, 0.25) is 5.02 Å². The molecule has 30 heavy (non-hydrogen) atoms. The fraction of sp³-hybridized carbons (Fsp3) is 0.364. The second-order valence-electron chi connectivity index (χ2n) is 7.31. The number of methoxy groups -OCH3 is 2. The molecule has 2 aliphatic heterocycles. The van der Waals surface area contributed by atoms with Crippen molar-refractivity contribution in [1.29, 1.82) is 0 Å². The van der Waals surface area contributed by atoms with Gasteiger partial charge in [0.15, 0.2) is 0 Å². The second-order valence-corrected chi connectivity index (χ2v) is 7.72. The number of urea groups is 1. The van der Waals surface area contributed by atoms with Gasteiger partial charge >= 0.3 is 6.03 Å². The Balaban J connectivity index is 1.65. The summed E-state index contributed by atoms with van der Waals surface area (Å²) in [7, 11) is 3.22. The normalized spacial score (nSPS) is 18.5. The molecule has 2 aromatic rings. The zero-order chi connectivity index (χ0) is 21.3. The van der Waals surface area contributed by atoms with Crippen molar-refractivity contribution in [3.8, 4) is 11.5 Å². The molecule has 0 aromatic heterocycles. The number of carbonyl (C=O) groups is 2. The Morgan fingerprint density at radius 3 is 2.67 bits per heavy atom. The number of rotatable bonds is 5. The van der Waals surface area contributed by atoms with Gasteiger partial charge in [-0.3, -0.25) is 9.69 Å². The van der Waals surface area contributed by atoms with E-state index in [0.717, 1.165) is 18.4 Å². The van der Waals surface area contributed by atoms with Crippen LogP contribution in [0.3, 0.4) is 0 Å². The number of amides is 3. The van der Waals surface area contributed by atoms with Gasteiger partial charge in [-0.2, -0.15) is 0 Å². The summed E-state index contributed by atoms with van der Waals surface area (Å²) in [5, 5.41) is 3.14. The Bertz CT molecular complexity index is 981. The van der Waals surface area contributed by atoms with E-state index in [1.807, 2.05) is 23.1 Å². The molecule has 2 saturated heterocycles. The average molecular weight is 430 g/mol. The fourth-order valence-corrected chi connectivity index (χ4v) is 4.34. The molecule has 1 N–H and O–H groups in total. The van der Waals surface area contributed by atoms with Crippen molar-refractivity contribution in [3.05, 3.63) is 52.5 Å². The van der Waals surface area contributed by atoms with Gasteiger partial charge in [-0.1, -0.05) is 11.6 Å². The zero-order valence-corrected chi connectivity index (χ0v) is 17.7. The Hall–Kier alpha value is -2.93. The highest BCUT2D eigenvalue weighted by atomic mass is 35.5. The lowest BCUT2D eigenvalue weighted by molar-refractivity contribution is 0.0734. The molecule has 2 fully saturated rings. The van der Waals surface area contributed by atoms with E-state index >= 15 is 0 Å². The Kier molecular flexibility index (Phi) is 5.72. The van der Waals surface area contributed by atoms with E-state index in [1.165, 1.54) is 0 Å². The van der Waals surface area contributed by atoms with Crippen LogP contribution in [0.25, 0.3) is 0 Å². The Labute approximate surface area is 180 Å². The molecule has 0 radical (unpaired) electrons. The van der Waals surface area contributed by atoms with Crippen LogP contribution in [0.4, 0.5) is 10.5 Å². The third-order valence-corrected chi connectivity index (χ3v) is 5.99. The summed E-state index contributed by atoms with van der Waals surface area (Å²) in [6.07, 6.45) is 1.72. The van der Waals surface area contributed by atoms with Crippen LogP contribution in [0.5, 0.6) is 11.5 Å². The molecule has 2 heterocycles. The first kappa shape index (κ1) is 20.3. The van der Waals surface area contributed by atoms with Gasteiger partial charge in [-0.25, -0.2) is 4.79 Å². The lowest BCUT2D eigenvalue weighted by Gasteiger charge is -2.27. The highest BCUT2D eigenvalue weighted by Crippen LogP contribution is 2.40. The number of nitrogens with zero attached hydrogens (tertiary/aromatic N) is 2. The minimum atomic E-state index is -0.169. The summed E-state index contributed by atoms with van der Waals surface area (Å²) < 4.78 is 10.9. The monoisotopic (exact) mass is 429 g/mol. The lowest BCUT2D eigenvalue weighted by atomic mass is 10.0.